The minimum Gasteiger partial charge on any atom is -0.478 e. The van der Waals surface area contributed by atoms with E-state index in [1.54, 1.807) is 0 Å². The van der Waals surface area contributed by atoms with E-state index in [4.69, 9.17) is 5.11 Å². The molecular weight excluding hydrogens is 280 g/mol. The molecule has 0 fully saturated rings. The summed E-state index contributed by atoms with van der Waals surface area (Å²) in [6.45, 7) is 5.06. The number of amides is 1. The topological polar surface area (TPSA) is 66.4 Å². The van der Waals surface area contributed by atoms with Gasteiger partial charge < -0.3 is 10.4 Å². The lowest BCUT2D eigenvalue weighted by Gasteiger charge is -2.06. The highest BCUT2D eigenvalue weighted by molar-refractivity contribution is 5.93. The fourth-order valence-corrected chi connectivity index (χ4v) is 1.56. The Morgan fingerprint density at radius 1 is 1.29 bits per heavy atom. The third-order valence-electron chi connectivity index (χ3n) is 2.57. The van der Waals surface area contributed by atoms with Gasteiger partial charge in [0.1, 0.15) is 11.6 Å². The third-order valence-corrected chi connectivity index (χ3v) is 2.57. The number of carboxylic acid groups (broad SMARTS) is 1. The van der Waals surface area contributed by atoms with Gasteiger partial charge >= 0.3 is 5.97 Å². The predicted octanol–water partition coefficient (Wildman–Crippen LogP) is 2.52. The minimum atomic E-state index is -1.22. The molecule has 2 N–H and O–H groups in total. The second-order valence-electron chi connectivity index (χ2n) is 4.46. The Morgan fingerprint density at radius 3 is 2.33 bits per heavy atom. The van der Waals surface area contributed by atoms with Crippen LogP contribution in [0.25, 0.3) is 6.08 Å². The summed E-state index contributed by atoms with van der Waals surface area (Å²) in [7, 11) is 0. The summed E-state index contributed by atoms with van der Waals surface area (Å²) in [6.07, 6.45) is 1.19. The summed E-state index contributed by atoms with van der Waals surface area (Å²) in [5, 5.41) is 11.5. The molecule has 112 valence electrons. The van der Waals surface area contributed by atoms with Crippen molar-refractivity contribution in [2.75, 3.05) is 6.54 Å². The van der Waals surface area contributed by atoms with Gasteiger partial charge in [0.25, 0.3) is 0 Å². The van der Waals surface area contributed by atoms with Crippen LogP contribution in [0.3, 0.4) is 0 Å². The molecule has 1 aromatic rings. The van der Waals surface area contributed by atoms with Gasteiger partial charge in [0.2, 0.25) is 5.91 Å². The summed E-state index contributed by atoms with van der Waals surface area (Å²) in [6, 6.07) is 2.75. The van der Waals surface area contributed by atoms with E-state index in [0.29, 0.717) is 11.6 Å². The molecule has 0 saturated heterocycles. The fourth-order valence-electron chi connectivity index (χ4n) is 1.56. The number of rotatable bonds is 6. The molecule has 21 heavy (non-hydrogen) atoms. The molecule has 0 spiro atoms. The monoisotopic (exact) mass is 295 g/mol. The van der Waals surface area contributed by atoms with E-state index < -0.39 is 17.6 Å². The van der Waals surface area contributed by atoms with Crippen LogP contribution in [0.5, 0.6) is 0 Å². The molecule has 0 saturated carbocycles. The first-order valence-corrected chi connectivity index (χ1v) is 6.13. The zero-order valence-electron chi connectivity index (χ0n) is 11.5. The summed E-state index contributed by atoms with van der Waals surface area (Å²) < 4.78 is 26.1. The lowest BCUT2D eigenvalue weighted by Crippen LogP contribution is -2.25. The highest BCUT2D eigenvalue weighted by Gasteiger charge is 2.09. The Bertz CT molecular complexity index is 589. The quantitative estimate of drug-likeness (QED) is 0.792. The number of carbonyl (C=O) groups is 2. The molecule has 1 aromatic carbocycles. The van der Waals surface area contributed by atoms with Crippen LogP contribution in [0.1, 0.15) is 18.9 Å². The van der Waals surface area contributed by atoms with Crippen molar-refractivity contribution in [3.8, 4) is 0 Å². The van der Waals surface area contributed by atoms with Crippen LogP contribution in [-0.4, -0.2) is 23.5 Å². The van der Waals surface area contributed by atoms with Gasteiger partial charge in [-0.05, 0) is 37.1 Å². The Morgan fingerprint density at radius 2 is 1.86 bits per heavy atom. The normalized spacial score (nSPS) is 11.1. The number of carboxylic acids is 1. The lowest BCUT2D eigenvalue weighted by atomic mass is 10.1. The Labute approximate surface area is 120 Å². The van der Waals surface area contributed by atoms with E-state index in [-0.39, 0.29) is 30.0 Å². The van der Waals surface area contributed by atoms with Crippen LogP contribution >= 0.6 is 0 Å². The van der Waals surface area contributed by atoms with Crippen molar-refractivity contribution in [3.63, 3.8) is 0 Å². The third kappa shape index (κ3) is 5.56. The highest BCUT2D eigenvalue weighted by Crippen LogP contribution is 2.13. The second-order valence-corrected chi connectivity index (χ2v) is 4.46. The van der Waals surface area contributed by atoms with Crippen LogP contribution in [-0.2, 0) is 9.59 Å². The van der Waals surface area contributed by atoms with Crippen LogP contribution in [0.15, 0.2) is 35.9 Å². The molecule has 0 aromatic heterocycles. The van der Waals surface area contributed by atoms with E-state index in [9.17, 15) is 18.4 Å². The molecule has 1 amide bonds. The Balaban J connectivity index is 2.81. The van der Waals surface area contributed by atoms with Gasteiger partial charge in [-0.2, -0.15) is 0 Å². The second kappa shape index (κ2) is 7.33. The minimum absolute atomic E-state index is 0.0203. The van der Waals surface area contributed by atoms with E-state index in [1.807, 2.05) is 0 Å². The number of carbonyl (C=O) groups excluding carboxylic acids is 1. The molecule has 0 aliphatic rings. The largest absolute Gasteiger partial charge is 0.478 e. The molecular formula is C15H15F2NO3. The van der Waals surface area contributed by atoms with Gasteiger partial charge in [0.05, 0.1) is 0 Å². The maximum absolute atomic E-state index is 13.0. The first-order chi connectivity index (χ1) is 9.79. The summed E-state index contributed by atoms with van der Waals surface area (Å²) in [5.41, 5.74) is 0.348. The van der Waals surface area contributed by atoms with Gasteiger partial charge in [0, 0.05) is 23.8 Å². The summed E-state index contributed by atoms with van der Waals surface area (Å²) >= 11 is 0. The van der Waals surface area contributed by atoms with Crippen molar-refractivity contribution >= 4 is 18.0 Å². The van der Waals surface area contributed by atoms with Crippen molar-refractivity contribution in [1.82, 2.24) is 5.32 Å². The molecule has 0 bridgehead atoms. The zero-order chi connectivity index (χ0) is 16.0. The molecule has 0 unspecified atom stereocenters. The van der Waals surface area contributed by atoms with Gasteiger partial charge in [-0.3, -0.25) is 4.79 Å². The van der Waals surface area contributed by atoms with Crippen molar-refractivity contribution in [2.24, 2.45) is 0 Å². The number of hydrogen-bond acceptors (Lipinski definition) is 2. The van der Waals surface area contributed by atoms with Crippen LogP contribution in [0.2, 0.25) is 0 Å². The molecule has 6 heteroatoms. The summed E-state index contributed by atoms with van der Waals surface area (Å²) in [5.74, 6) is -3.18. The molecule has 4 nitrogen and oxygen atoms in total. The summed E-state index contributed by atoms with van der Waals surface area (Å²) in [4.78, 5) is 22.4. The Kier molecular flexibility index (Phi) is 5.78. The molecule has 1 rings (SSSR count). The lowest BCUT2D eigenvalue weighted by molar-refractivity contribution is -0.132. The number of halogens is 2. The SMILES string of the molecule is C=C(C)C(=O)NCC/C(=C\c1cc(F)cc(F)c1)C(=O)O. The van der Waals surface area contributed by atoms with Crippen molar-refractivity contribution in [3.05, 3.63) is 53.1 Å². The maximum atomic E-state index is 13.0. The average molecular weight is 295 g/mol. The smallest absolute Gasteiger partial charge is 0.331 e. The van der Waals surface area contributed by atoms with Gasteiger partial charge in [-0.25, -0.2) is 13.6 Å². The average Bonchev–Trinajstić information content (AvgIpc) is 2.35. The molecule has 0 aliphatic carbocycles. The molecule has 0 aliphatic heterocycles. The number of benzene rings is 1. The first kappa shape index (κ1) is 16.6. The highest BCUT2D eigenvalue weighted by atomic mass is 19.1. The van der Waals surface area contributed by atoms with Crippen molar-refractivity contribution in [1.29, 1.82) is 0 Å². The van der Waals surface area contributed by atoms with Crippen LogP contribution in [0.4, 0.5) is 8.78 Å². The molecule has 0 heterocycles. The van der Waals surface area contributed by atoms with E-state index in [2.05, 4.69) is 11.9 Å². The molecule has 0 atom stereocenters. The number of hydrogen-bond donors (Lipinski definition) is 2. The van der Waals surface area contributed by atoms with Crippen molar-refractivity contribution < 1.29 is 23.5 Å². The Hall–Kier alpha value is -2.50. The van der Waals surface area contributed by atoms with E-state index in [0.717, 1.165) is 12.1 Å². The van der Waals surface area contributed by atoms with Gasteiger partial charge in [-0.1, -0.05) is 6.58 Å². The first-order valence-electron chi connectivity index (χ1n) is 6.13. The number of nitrogens with one attached hydrogen (secondary N) is 1. The van der Waals surface area contributed by atoms with E-state index >= 15 is 0 Å². The van der Waals surface area contributed by atoms with Gasteiger partial charge in [0.15, 0.2) is 0 Å². The van der Waals surface area contributed by atoms with Gasteiger partial charge in [-0.15, -0.1) is 0 Å². The molecule has 0 radical (unpaired) electrons. The predicted molar refractivity (Wildman–Crippen MR) is 74.4 cm³/mol. The standard InChI is InChI=1S/C15H15F2NO3/c1-9(2)14(19)18-4-3-11(15(20)21)5-10-6-12(16)8-13(17)7-10/h5-8H,1,3-4H2,2H3,(H,18,19)(H,20,21)/b11-5+. The maximum Gasteiger partial charge on any atom is 0.331 e. The fraction of sp³-hybridized carbons (Fsp3) is 0.200. The van der Waals surface area contributed by atoms with E-state index in [1.165, 1.54) is 13.0 Å². The number of aliphatic carboxylic acids is 1. The van der Waals surface area contributed by atoms with Crippen LogP contribution < -0.4 is 5.32 Å². The zero-order valence-corrected chi connectivity index (χ0v) is 11.5. The van der Waals surface area contributed by atoms with Crippen LogP contribution in [0, 0.1) is 11.6 Å². The van der Waals surface area contributed by atoms with Crippen molar-refractivity contribution in [2.45, 2.75) is 13.3 Å².